The second-order valence-corrected chi connectivity index (χ2v) is 3.89. The molecule has 1 aromatic carbocycles. The largest absolute Gasteiger partial charge is 0.480 e. The fraction of sp³-hybridized carbons (Fsp3) is 0.167. The summed E-state index contributed by atoms with van der Waals surface area (Å²) in [4.78, 5) is 14.8. The Balaban J connectivity index is 1.90. The summed E-state index contributed by atoms with van der Waals surface area (Å²) in [6, 6.07) is 5.50. The maximum absolute atomic E-state index is 10.6. The van der Waals surface area contributed by atoms with E-state index in [4.69, 9.17) is 14.6 Å². The normalized spacial score (nSPS) is 12.7. The monoisotopic (exact) mass is 246 g/mol. The summed E-state index contributed by atoms with van der Waals surface area (Å²) in [5.74, 6) is 0.494. The summed E-state index contributed by atoms with van der Waals surface area (Å²) in [6.07, 6.45) is 3.18. The van der Waals surface area contributed by atoms with Gasteiger partial charge in [0.15, 0.2) is 11.5 Å². The smallest absolute Gasteiger partial charge is 0.323 e. The molecule has 0 atom stereocenters. The summed E-state index contributed by atoms with van der Waals surface area (Å²) in [5, 5.41) is 8.69. The minimum absolute atomic E-state index is 0.0997. The first kappa shape index (κ1) is 10.6. The number of hydrogen-bond donors (Lipinski definition) is 1. The summed E-state index contributed by atoms with van der Waals surface area (Å²) >= 11 is 0. The highest BCUT2D eigenvalue weighted by Gasteiger charge is 2.14. The lowest BCUT2D eigenvalue weighted by Crippen LogP contribution is -2.06. The van der Waals surface area contributed by atoms with Gasteiger partial charge in [0.1, 0.15) is 6.54 Å². The zero-order valence-electron chi connectivity index (χ0n) is 9.37. The fourth-order valence-electron chi connectivity index (χ4n) is 1.81. The zero-order chi connectivity index (χ0) is 12.5. The van der Waals surface area contributed by atoms with Crippen LogP contribution >= 0.6 is 0 Å². The first-order chi connectivity index (χ1) is 8.72. The van der Waals surface area contributed by atoms with Gasteiger partial charge in [-0.2, -0.15) is 0 Å². The number of aliphatic carboxylic acids is 1. The van der Waals surface area contributed by atoms with E-state index in [1.165, 1.54) is 10.9 Å². The highest BCUT2D eigenvalue weighted by atomic mass is 16.7. The van der Waals surface area contributed by atoms with Crippen LogP contribution in [0.2, 0.25) is 0 Å². The number of carboxylic acid groups (broad SMARTS) is 1. The van der Waals surface area contributed by atoms with Crippen LogP contribution in [0.3, 0.4) is 0 Å². The topological polar surface area (TPSA) is 73.6 Å². The molecule has 0 saturated heterocycles. The second kappa shape index (κ2) is 4.06. The average molecular weight is 246 g/mol. The molecule has 1 aliphatic heterocycles. The summed E-state index contributed by atoms with van der Waals surface area (Å²) in [7, 11) is 0. The zero-order valence-corrected chi connectivity index (χ0v) is 9.37. The van der Waals surface area contributed by atoms with Crippen LogP contribution < -0.4 is 9.47 Å². The van der Waals surface area contributed by atoms with Crippen molar-refractivity contribution in [2.75, 3.05) is 6.79 Å². The van der Waals surface area contributed by atoms with Gasteiger partial charge in [-0.15, -0.1) is 0 Å². The molecule has 2 heterocycles. The van der Waals surface area contributed by atoms with E-state index in [1.807, 2.05) is 18.2 Å². The van der Waals surface area contributed by atoms with Crippen molar-refractivity contribution in [3.8, 4) is 22.8 Å². The molecule has 2 aromatic rings. The summed E-state index contributed by atoms with van der Waals surface area (Å²) < 4.78 is 12.0. The van der Waals surface area contributed by atoms with Crippen LogP contribution in [-0.4, -0.2) is 27.4 Å². The number of carbonyl (C=O) groups is 1. The quantitative estimate of drug-likeness (QED) is 0.885. The Hall–Kier alpha value is -2.50. The molecule has 0 spiro atoms. The van der Waals surface area contributed by atoms with Gasteiger partial charge in [-0.3, -0.25) is 4.79 Å². The fourth-order valence-corrected chi connectivity index (χ4v) is 1.81. The third kappa shape index (κ3) is 1.88. The van der Waals surface area contributed by atoms with Crippen LogP contribution in [0.4, 0.5) is 0 Å². The Labute approximate surface area is 102 Å². The Morgan fingerprint density at radius 2 is 2.22 bits per heavy atom. The van der Waals surface area contributed by atoms with Crippen molar-refractivity contribution in [2.45, 2.75) is 6.54 Å². The molecule has 0 amide bonds. The molecule has 92 valence electrons. The lowest BCUT2D eigenvalue weighted by Gasteiger charge is -1.99. The maximum Gasteiger partial charge on any atom is 0.323 e. The molecule has 1 aliphatic rings. The van der Waals surface area contributed by atoms with E-state index in [2.05, 4.69) is 4.98 Å². The first-order valence-corrected chi connectivity index (χ1v) is 5.36. The number of rotatable bonds is 3. The van der Waals surface area contributed by atoms with Gasteiger partial charge in [0.05, 0.1) is 12.0 Å². The number of fused-ring (bicyclic) bond motifs is 1. The number of hydrogen-bond acceptors (Lipinski definition) is 4. The van der Waals surface area contributed by atoms with E-state index in [1.54, 1.807) is 6.20 Å². The molecule has 0 bridgehead atoms. The molecule has 0 fully saturated rings. The number of nitrogens with zero attached hydrogens (tertiary/aromatic N) is 2. The van der Waals surface area contributed by atoms with E-state index < -0.39 is 5.97 Å². The predicted molar refractivity (Wildman–Crippen MR) is 61.4 cm³/mol. The second-order valence-electron chi connectivity index (χ2n) is 3.89. The van der Waals surface area contributed by atoms with E-state index in [-0.39, 0.29) is 13.3 Å². The van der Waals surface area contributed by atoms with Crippen molar-refractivity contribution in [2.24, 2.45) is 0 Å². The minimum atomic E-state index is -0.898. The maximum atomic E-state index is 10.6. The van der Waals surface area contributed by atoms with Crippen LogP contribution in [0, 0.1) is 0 Å². The van der Waals surface area contributed by atoms with E-state index in [0.717, 1.165) is 5.56 Å². The van der Waals surface area contributed by atoms with Crippen molar-refractivity contribution in [1.82, 2.24) is 9.55 Å². The Morgan fingerprint density at radius 1 is 1.39 bits per heavy atom. The molecule has 0 radical (unpaired) electrons. The van der Waals surface area contributed by atoms with Crippen LogP contribution in [0.1, 0.15) is 0 Å². The van der Waals surface area contributed by atoms with Gasteiger partial charge in [-0.05, 0) is 18.2 Å². The Kier molecular flexibility index (Phi) is 2.40. The van der Waals surface area contributed by atoms with Gasteiger partial charge in [0.25, 0.3) is 0 Å². The molecule has 3 rings (SSSR count). The highest BCUT2D eigenvalue weighted by Crippen LogP contribution is 2.35. The van der Waals surface area contributed by atoms with Gasteiger partial charge in [-0.25, -0.2) is 4.98 Å². The van der Waals surface area contributed by atoms with Crippen molar-refractivity contribution >= 4 is 5.97 Å². The number of aromatic nitrogens is 2. The van der Waals surface area contributed by atoms with Gasteiger partial charge in [0, 0.05) is 11.8 Å². The summed E-state index contributed by atoms with van der Waals surface area (Å²) in [5.41, 5.74) is 1.57. The van der Waals surface area contributed by atoms with E-state index in [0.29, 0.717) is 17.2 Å². The van der Waals surface area contributed by atoms with Crippen LogP contribution in [0.15, 0.2) is 30.7 Å². The Bertz CT molecular complexity index is 606. The molecule has 6 nitrogen and oxygen atoms in total. The van der Waals surface area contributed by atoms with Gasteiger partial charge >= 0.3 is 5.97 Å². The average Bonchev–Trinajstić information content (AvgIpc) is 2.95. The van der Waals surface area contributed by atoms with Crippen LogP contribution in [0.25, 0.3) is 11.3 Å². The molecular weight excluding hydrogens is 236 g/mol. The number of benzene rings is 1. The molecule has 0 unspecified atom stereocenters. The Morgan fingerprint density at radius 3 is 3.06 bits per heavy atom. The van der Waals surface area contributed by atoms with Crippen molar-refractivity contribution in [1.29, 1.82) is 0 Å². The van der Waals surface area contributed by atoms with Gasteiger partial charge < -0.3 is 19.1 Å². The van der Waals surface area contributed by atoms with E-state index >= 15 is 0 Å². The number of ether oxygens (including phenoxy) is 2. The third-order valence-corrected chi connectivity index (χ3v) is 2.62. The minimum Gasteiger partial charge on any atom is -0.480 e. The van der Waals surface area contributed by atoms with Gasteiger partial charge in [0.2, 0.25) is 6.79 Å². The van der Waals surface area contributed by atoms with Crippen LogP contribution in [-0.2, 0) is 11.3 Å². The molecule has 6 heteroatoms. The van der Waals surface area contributed by atoms with Gasteiger partial charge in [-0.1, -0.05) is 0 Å². The van der Waals surface area contributed by atoms with Crippen molar-refractivity contribution in [3.63, 3.8) is 0 Å². The molecular formula is C12H10N2O4. The number of carboxylic acids is 1. The first-order valence-electron chi connectivity index (χ1n) is 5.36. The highest BCUT2D eigenvalue weighted by molar-refractivity contribution is 5.67. The number of imidazole rings is 1. The predicted octanol–water partition coefficient (Wildman–Crippen LogP) is 1.36. The third-order valence-electron chi connectivity index (χ3n) is 2.62. The SMILES string of the molecule is O=C(O)Cn1cnc(-c2ccc3c(c2)OCO3)c1. The lowest BCUT2D eigenvalue weighted by atomic mass is 10.1. The summed E-state index contributed by atoms with van der Waals surface area (Å²) in [6.45, 7) is 0.129. The molecule has 18 heavy (non-hydrogen) atoms. The lowest BCUT2D eigenvalue weighted by molar-refractivity contribution is -0.137. The van der Waals surface area contributed by atoms with Crippen molar-refractivity contribution in [3.05, 3.63) is 30.7 Å². The molecule has 0 saturated carbocycles. The molecule has 0 aliphatic carbocycles. The van der Waals surface area contributed by atoms with E-state index in [9.17, 15) is 4.79 Å². The molecule has 1 N–H and O–H groups in total. The molecule has 1 aromatic heterocycles. The van der Waals surface area contributed by atoms with Crippen molar-refractivity contribution < 1.29 is 19.4 Å². The van der Waals surface area contributed by atoms with Crippen LogP contribution in [0.5, 0.6) is 11.5 Å². The standard InChI is InChI=1S/C12H10N2O4/c15-12(16)5-14-4-9(13-6-14)8-1-2-10-11(3-8)18-7-17-10/h1-4,6H,5,7H2,(H,15,16).